The predicted octanol–water partition coefficient (Wildman–Crippen LogP) is 2.50. The van der Waals surface area contributed by atoms with Crippen LogP contribution in [-0.4, -0.2) is 27.5 Å². The first-order valence-corrected chi connectivity index (χ1v) is 7.91. The van der Waals surface area contributed by atoms with Gasteiger partial charge in [-0.15, -0.1) is 0 Å². The Hall–Kier alpha value is -2.34. The van der Waals surface area contributed by atoms with Crippen molar-refractivity contribution in [3.63, 3.8) is 0 Å². The SMILES string of the molecule is Cn1c(=O)oc2ccc(CN3CCC(c4ncco4)CC3)cc21. The second kappa shape index (κ2) is 5.70. The van der Waals surface area contributed by atoms with Gasteiger partial charge in [-0.05, 0) is 43.6 Å². The molecule has 2 aromatic heterocycles. The van der Waals surface area contributed by atoms with Crippen molar-refractivity contribution in [2.24, 2.45) is 7.05 Å². The van der Waals surface area contributed by atoms with Gasteiger partial charge in [-0.3, -0.25) is 9.47 Å². The monoisotopic (exact) mass is 313 g/mol. The maximum absolute atomic E-state index is 11.6. The van der Waals surface area contributed by atoms with Gasteiger partial charge >= 0.3 is 5.76 Å². The quantitative estimate of drug-likeness (QED) is 0.743. The van der Waals surface area contributed by atoms with E-state index in [2.05, 4.69) is 9.88 Å². The van der Waals surface area contributed by atoms with E-state index in [-0.39, 0.29) is 5.76 Å². The van der Waals surface area contributed by atoms with Gasteiger partial charge in [0.25, 0.3) is 0 Å². The minimum Gasteiger partial charge on any atom is -0.449 e. The highest BCUT2D eigenvalue weighted by Gasteiger charge is 2.23. The molecule has 1 aliphatic heterocycles. The smallest absolute Gasteiger partial charge is 0.419 e. The van der Waals surface area contributed by atoms with Crippen molar-refractivity contribution in [2.45, 2.75) is 25.3 Å². The van der Waals surface area contributed by atoms with Crippen LogP contribution in [0.2, 0.25) is 0 Å². The molecule has 3 aromatic rings. The molecule has 6 nitrogen and oxygen atoms in total. The second-order valence-corrected chi connectivity index (χ2v) is 6.15. The molecule has 0 saturated carbocycles. The summed E-state index contributed by atoms with van der Waals surface area (Å²) in [6.45, 7) is 2.93. The highest BCUT2D eigenvalue weighted by Crippen LogP contribution is 2.27. The van der Waals surface area contributed by atoms with Crippen molar-refractivity contribution in [3.05, 3.63) is 52.7 Å². The fraction of sp³-hybridized carbons (Fsp3) is 0.412. The lowest BCUT2D eigenvalue weighted by atomic mass is 9.96. The van der Waals surface area contributed by atoms with E-state index in [1.165, 1.54) is 5.56 Å². The summed E-state index contributed by atoms with van der Waals surface area (Å²) in [5, 5.41) is 0. The highest BCUT2D eigenvalue weighted by molar-refractivity contribution is 5.73. The van der Waals surface area contributed by atoms with Crippen LogP contribution in [0.3, 0.4) is 0 Å². The van der Waals surface area contributed by atoms with Crippen LogP contribution in [0.25, 0.3) is 11.1 Å². The largest absolute Gasteiger partial charge is 0.449 e. The van der Waals surface area contributed by atoms with E-state index in [0.717, 1.165) is 43.9 Å². The zero-order valence-electron chi connectivity index (χ0n) is 13.1. The fourth-order valence-electron chi connectivity index (χ4n) is 3.30. The number of nitrogens with zero attached hydrogens (tertiary/aromatic N) is 3. The summed E-state index contributed by atoms with van der Waals surface area (Å²) in [6.07, 6.45) is 5.48. The number of fused-ring (bicyclic) bond motifs is 1. The summed E-state index contributed by atoms with van der Waals surface area (Å²) in [7, 11) is 1.74. The third-order valence-electron chi connectivity index (χ3n) is 4.65. The normalized spacial score (nSPS) is 17.1. The topological polar surface area (TPSA) is 64.4 Å². The Kier molecular flexibility index (Phi) is 3.53. The number of aromatic nitrogens is 2. The van der Waals surface area contributed by atoms with E-state index in [4.69, 9.17) is 8.83 Å². The number of aryl methyl sites for hydroxylation is 1. The van der Waals surface area contributed by atoms with Crippen molar-refractivity contribution in [1.29, 1.82) is 0 Å². The summed E-state index contributed by atoms with van der Waals surface area (Å²) in [6, 6.07) is 5.96. The van der Waals surface area contributed by atoms with Crippen molar-refractivity contribution < 1.29 is 8.83 Å². The molecule has 23 heavy (non-hydrogen) atoms. The third kappa shape index (κ3) is 2.70. The Labute approximate surface area is 133 Å². The molecule has 1 aliphatic rings. The minimum atomic E-state index is -0.316. The lowest BCUT2D eigenvalue weighted by Gasteiger charge is -2.30. The number of likely N-dealkylation sites (tertiary alicyclic amines) is 1. The van der Waals surface area contributed by atoms with Gasteiger partial charge in [-0.25, -0.2) is 9.78 Å². The van der Waals surface area contributed by atoms with Crippen LogP contribution in [0.1, 0.15) is 30.2 Å². The molecule has 6 heteroatoms. The lowest BCUT2D eigenvalue weighted by Crippen LogP contribution is -2.32. The van der Waals surface area contributed by atoms with E-state index in [9.17, 15) is 4.79 Å². The standard InChI is InChI=1S/C17H19N3O3/c1-19-14-10-12(2-3-15(14)23-17(19)21)11-20-7-4-13(5-8-20)16-18-6-9-22-16/h2-3,6,9-10,13H,4-5,7-8,11H2,1H3. The Bertz CT molecular complexity index is 855. The summed E-state index contributed by atoms with van der Waals surface area (Å²) in [5.41, 5.74) is 2.69. The fourth-order valence-corrected chi connectivity index (χ4v) is 3.30. The molecule has 0 spiro atoms. The highest BCUT2D eigenvalue weighted by atomic mass is 16.4. The number of piperidine rings is 1. The van der Waals surface area contributed by atoms with Gasteiger partial charge < -0.3 is 8.83 Å². The molecule has 1 saturated heterocycles. The van der Waals surface area contributed by atoms with Crippen LogP contribution >= 0.6 is 0 Å². The molecule has 0 atom stereocenters. The number of benzene rings is 1. The summed E-state index contributed by atoms with van der Waals surface area (Å²) in [5.74, 6) is 0.974. The van der Waals surface area contributed by atoms with Gasteiger partial charge in [0.05, 0.1) is 11.7 Å². The molecule has 0 aliphatic carbocycles. The average molecular weight is 313 g/mol. The van der Waals surface area contributed by atoms with E-state index in [1.807, 2.05) is 18.2 Å². The maximum Gasteiger partial charge on any atom is 0.419 e. The Morgan fingerprint density at radius 3 is 2.87 bits per heavy atom. The van der Waals surface area contributed by atoms with E-state index < -0.39 is 0 Å². The van der Waals surface area contributed by atoms with Crippen LogP contribution in [0.15, 0.2) is 44.3 Å². The van der Waals surface area contributed by atoms with E-state index in [1.54, 1.807) is 24.1 Å². The van der Waals surface area contributed by atoms with Crippen LogP contribution in [-0.2, 0) is 13.6 Å². The number of oxazole rings is 2. The molecule has 3 heterocycles. The average Bonchev–Trinajstić information content (AvgIpc) is 3.19. The van der Waals surface area contributed by atoms with Crippen LogP contribution in [0, 0.1) is 0 Å². The van der Waals surface area contributed by atoms with Gasteiger partial charge in [-0.1, -0.05) is 6.07 Å². The molecule has 0 amide bonds. The predicted molar refractivity (Wildman–Crippen MR) is 85.2 cm³/mol. The first kappa shape index (κ1) is 14.3. The van der Waals surface area contributed by atoms with Crippen molar-refractivity contribution >= 4 is 11.1 Å². The number of rotatable bonds is 3. The lowest BCUT2D eigenvalue weighted by molar-refractivity contribution is 0.193. The van der Waals surface area contributed by atoms with E-state index in [0.29, 0.717) is 11.5 Å². The van der Waals surface area contributed by atoms with Crippen LogP contribution < -0.4 is 5.76 Å². The summed E-state index contributed by atoms with van der Waals surface area (Å²) >= 11 is 0. The number of hydrogen-bond donors (Lipinski definition) is 0. The van der Waals surface area contributed by atoms with Gasteiger partial charge in [0, 0.05) is 19.5 Å². The van der Waals surface area contributed by atoms with Crippen molar-refractivity contribution in [1.82, 2.24) is 14.5 Å². The summed E-state index contributed by atoms with van der Waals surface area (Å²) in [4.78, 5) is 18.3. The van der Waals surface area contributed by atoms with E-state index >= 15 is 0 Å². The zero-order chi connectivity index (χ0) is 15.8. The number of hydrogen-bond acceptors (Lipinski definition) is 5. The molecule has 120 valence electrons. The minimum absolute atomic E-state index is 0.316. The molecule has 0 unspecified atom stereocenters. The van der Waals surface area contributed by atoms with Gasteiger partial charge in [0.15, 0.2) is 11.5 Å². The van der Waals surface area contributed by atoms with Gasteiger partial charge in [0.2, 0.25) is 0 Å². The second-order valence-electron chi connectivity index (χ2n) is 6.15. The Morgan fingerprint density at radius 1 is 1.30 bits per heavy atom. The first-order valence-electron chi connectivity index (χ1n) is 7.91. The molecule has 0 bridgehead atoms. The molecule has 0 N–H and O–H groups in total. The first-order chi connectivity index (χ1) is 11.2. The van der Waals surface area contributed by atoms with Crippen molar-refractivity contribution in [2.75, 3.05) is 13.1 Å². The molecule has 0 radical (unpaired) electrons. The maximum atomic E-state index is 11.6. The molecule has 1 aromatic carbocycles. The Balaban J connectivity index is 1.45. The summed E-state index contributed by atoms with van der Waals surface area (Å²) < 4.78 is 12.1. The zero-order valence-corrected chi connectivity index (χ0v) is 13.1. The van der Waals surface area contributed by atoms with Gasteiger partial charge in [0.1, 0.15) is 6.26 Å². The molecular weight excluding hydrogens is 294 g/mol. The van der Waals surface area contributed by atoms with Gasteiger partial charge in [-0.2, -0.15) is 0 Å². The third-order valence-corrected chi connectivity index (χ3v) is 4.65. The molecule has 4 rings (SSSR count). The van der Waals surface area contributed by atoms with Crippen LogP contribution in [0.5, 0.6) is 0 Å². The van der Waals surface area contributed by atoms with Crippen molar-refractivity contribution in [3.8, 4) is 0 Å². The Morgan fingerprint density at radius 2 is 2.13 bits per heavy atom. The van der Waals surface area contributed by atoms with Crippen LogP contribution in [0.4, 0.5) is 0 Å². The molecule has 1 fully saturated rings. The molecular formula is C17H19N3O3.